The van der Waals surface area contributed by atoms with Crippen molar-refractivity contribution in [3.63, 3.8) is 0 Å². The molecule has 1 N–H and O–H groups in total. The molecule has 0 aromatic carbocycles. The van der Waals surface area contributed by atoms with Gasteiger partial charge in [0.25, 0.3) is 0 Å². The van der Waals surface area contributed by atoms with Crippen molar-refractivity contribution in [2.45, 2.75) is 86.7 Å². The Hall–Kier alpha value is -0.0400. The SMILES string of the molecule is CC(C1CC1(C)NC(C)(C)C(C)(C)C)C(C)(C)C. The van der Waals surface area contributed by atoms with E-state index in [1.54, 1.807) is 0 Å². The summed E-state index contributed by atoms with van der Waals surface area (Å²) in [6.07, 6.45) is 1.32. The molecule has 1 aliphatic rings. The largest absolute Gasteiger partial charge is 0.306 e. The van der Waals surface area contributed by atoms with Crippen LogP contribution in [0, 0.1) is 22.7 Å². The van der Waals surface area contributed by atoms with Crippen molar-refractivity contribution in [3.8, 4) is 0 Å². The lowest BCUT2D eigenvalue weighted by atomic mass is 9.74. The van der Waals surface area contributed by atoms with Crippen LogP contribution in [-0.2, 0) is 0 Å². The van der Waals surface area contributed by atoms with Crippen LogP contribution in [0.4, 0.5) is 0 Å². The summed E-state index contributed by atoms with van der Waals surface area (Å²) < 4.78 is 0. The molecule has 3 atom stereocenters. The average Bonchev–Trinajstić information content (AvgIpc) is 2.70. The highest BCUT2D eigenvalue weighted by Crippen LogP contribution is 2.54. The predicted molar refractivity (Wildman–Crippen MR) is 81.8 cm³/mol. The summed E-state index contributed by atoms with van der Waals surface area (Å²) in [4.78, 5) is 0. The summed E-state index contributed by atoms with van der Waals surface area (Å²) in [5, 5.41) is 3.95. The number of nitrogens with one attached hydrogen (secondary N) is 1. The van der Waals surface area contributed by atoms with Crippen molar-refractivity contribution < 1.29 is 0 Å². The maximum absolute atomic E-state index is 3.95. The number of hydrogen-bond donors (Lipinski definition) is 1. The first-order chi connectivity index (χ1) is 7.71. The van der Waals surface area contributed by atoms with Gasteiger partial charge in [-0.25, -0.2) is 0 Å². The summed E-state index contributed by atoms with van der Waals surface area (Å²) in [7, 11) is 0. The van der Waals surface area contributed by atoms with Crippen molar-refractivity contribution in [2.24, 2.45) is 22.7 Å². The number of rotatable bonds is 3. The monoisotopic (exact) mass is 253 g/mol. The molecule has 0 aliphatic heterocycles. The molecule has 0 aromatic heterocycles. The Labute approximate surface area is 115 Å². The van der Waals surface area contributed by atoms with Crippen LogP contribution in [0.1, 0.15) is 75.7 Å². The van der Waals surface area contributed by atoms with Gasteiger partial charge in [0.2, 0.25) is 0 Å². The van der Waals surface area contributed by atoms with Crippen molar-refractivity contribution in [1.29, 1.82) is 0 Å². The molecule has 1 saturated carbocycles. The first-order valence-electron chi connectivity index (χ1n) is 7.50. The van der Waals surface area contributed by atoms with E-state index >= 15 is 0 Å². The molecule has 108 valence electrons. The van der Waals surface area contributed by atoms with Gasteiger partial charge in [-0.2, -0.15) is 0 Å². The molecule has 0 radical (unpaired) electrons. The first-order valence-corrected chi connectivity index (χ1v) is 7.50. The Kier molecular flexibility index (Phi) is 3.76. The third kappa shape index (κ3) is 3.10. The highest BCUT2D eigenvalue weighted by molar-refractivity contribution is 5.13. The first kappa shape index (κ1) is 16.0. The second kappa shape index (κ2) is 4.23. The van der Waals surface area contributed by atoms with E-state index in [2.05, 4.69) is 74.6 Å². The standard InChI is InChI=1S/C17H35N/c1-12(14(2,3)4)13-11-17(13,10)18-16(8,9)15(5,6)7/h12-13,18H,11H2,1-10H3. The summed E-state index contributed by atoms with van der Waals surface area (Å²) in [6, 6.07) is 0. The van der Waals surface area contributed by atoms with Crippen LogP contribution >= 0.6 is 0 Å². The van der Waals surface area contributed by atoms with Gasteiger partial charge in [-0.15, -0.1) is 0 Å². The van der Waals surface area contributed by atoms with Gasteiger partial charge in [0.1, 0.15) is 0 Å². The Morgan fingerprint density at radius 3 is 1.78 bits per heavy atom. The van der Waals surface area contributed by atoms with Crippen LogP contribution < -0.4 is 5.32 Å². The van der Waals surface area contributed by atoms with Gasteiger partial charge >= 0.3 is 0 Å². The Morgan fingerprint density at radius 2 is 1.44 bits per heavy atom. The lowest BCUT2D eigenvalue weighted by molar-refractivity contribution is 0.136. The van der Waals surface area contributed by atoms with Crippen molar-refractivity contribution in [3.05, 3.63) is 0 Å². The Bertz CT molecular complexity index is 303. The summed E-state index contributed by atoms with van der Waals surface area (Å²) in [6.45, 7) is 23.6. The van der Waals surface area contributed by atoms with Gasteiger partial charge < -0.3 is 5.32 Å². The molecule has 0 bridgehead atoms. The van der Waals surface area contributed by atoms with Crippen LogP contribution in [0.3, 0.4) is 0 Å². The van der Waals surface area contributed by atoms with E-state index < -0.39 is 0 Å². The van der Waals surface area contributed by atoms with E-state index in [-0.39, 0.29) is 11.0 Å². The minimum absolute atomic E-state index is 0.175. The van der Waals surface area contributed by atoms with Crippen molar-refractivity contribution in [2.75, 3.05) is 0 Å². The van der Waals surface area contributed by atoms with E-state index in [0.717, 1.165) is 11.8 Å². The van der Waals surface area contributed by atoms with E-state index in [0.29, 0.717) is 11.0 Å². The van der Waals surface area contributed by atoms with Gasteiger partial charge in [0.15, 0.2) is 0 Å². The van der Waals surface area contributed by atoms with E-state index in [1.165, 1.54) is 6.42 Å². The molecule has 1 heteroatoms. The fraction of sp³-hybridized carbons (Fsp3) is 1.00. The molecule has 1 rings (SSSR count). The number of hydrogen-bond acceptors (Lipinski definition) is 1. The Morgan fingerprint density at radius 1 is 1.00 bits per heavy atom. The molecule has 0 aromatic rings. The van der Waals surface area contributed by atoms with E-state index in [9.17, 15) is 0 Å². The molecule has 1 nitrogen and oxygen atoms in total. The molecular weight excluding hydrogens is 218 g/mol. The minimum Gasteiger partial charge on any atom is -0.306 e. The maximum Gasteiger partial charge on any atom is 0.0193 e. The average molecular weight is 253 g/mol. The molecule has 3 unspecified atom stereocenters. The summed E-state index contributed by atoms with van der Waals surface area (Å²) in [5.41, 5.74) is 1.21. The van der Waals surface area contributed by atoms with Crippen LogP contribution in [-0.4, -0.2) is 11.1 Å². The van der Waals surface area contributed by atoms with E-state index in [4.69, 9.17) is 0 Å². The van der Waals surface area contributed by atoms with Gasteiger partial charge in [-0.05, 0) is 49.9 Å². The zero-order valence-electron chi connectivity index (χ0n) is 14.4. The lowest BCUT2D eigenvalue weighted by Gasteiger charge is -2.43. The fourth-order valence-electron chi connectivity index (χ4n) is 2.78. The quantitative estimate of drug-likeness (QED) is 0.757. The zero-order chi connectivity index (χ0) is 14.6. The highest BCUT2D eigenvalue weighted by Gasteiger charge is 2.57. The summed E-state index contributed by atoms with van der Waals surface area (Å²) in [5.74, 6) is 1.59. The molecule has 1 aliphatic carbocycles. The lowest BCUT2D eigenvalue weighted by Crippen LogP contribution is -2.55. The van der Waals surface area contributed by atoms with Gasteiger partial charge in [0.05, 0.1) is 0 Å². The second-order valence-electron chi connectivity index (χ2n) is 9.38. The predicted octanol–water partition coefficient (Wildman–Crippen LogP) is 4.86. The topological polar surface area (TPSA) is 12.0 Å². The minimum atomic E-state index is 0.175. The molecule has 18 heavy (non-hydrogen) atoms. The maximum atomic E-state index is 3.95. The van der Waals surface area contributed by atoms with Crippen LogP contribution in [0.15, 0.2) is 0 Å². The smallest absolute Gasteiger partial charge is 0.0193 e. The molecule has 1 fully saturated rings. The molecule has 0 spiro atoms. The third-order valence-corrected chi connectivity index (χ3v) is 5.74. The third-order valence-electron chi connectivity index (χ3n) is 5.74. The van der Waals surface area contributed by atoms with Crippen LogP contribution in [0.5, 0.6) is 0 Å². The highest BCUT2D eigenvalue weighted by atomic mass is 15.1. The zero-order valence-corrected chi connectivity index (χ0v) is 14.4. The molecular formula is C17H35N. The fourth-order valence-corrected chi connectivity index (χ4v) is 2.78. The van der Waals surface area contributed by atoms with E-state index in [1.807, 2.05) is 0 Å². The van der Waals surface area contributed by atoms with Gasteiger partial charge in [-0.1, -0.05) is 48.5 Å². The second-order valence-corrected chi connectivity index (χ2v) is 9.38. The molecule has 0 amide bonds. The molecule has 0 heterocycles. The van der Waals surface area contributed by atoms with Crippen LogP contribution in [0.2, 0.25) is 0 Å². The van der Waals surface area contributed by atoms with Crippen molar-refractivity contribution in [1.82, 2.24) is 5.32 Å². The Balaban J connectivity index is 2.72. The summed E-state index contributed by atoms with van der Waals surface area (Å²) >= 11 is 0. The van der Waals surface area contributed by atoms with Crippen LogP contribution in [0.25, 0.3) is 0 Å². The van der Waals surface area contributed by atoms with Gasteiger partial charge in [-0.3, -0.25) is 0 Å². The normalized spacial score (nSPS) is 31.3. The van der Waals surface area contributed by atoms with Gasteiger partial charge in [0, 0.05) is 11.1 Å². The van der Waals surface area contributed by atoms with Crippen molar-refractivity contribution >= 4 is 0 Å². The molecule has 0 saturated heterocycles.